The zero-order valence-electron chi connectivity index (χ0n) is 16.2. The van der Waals surface area contributed by atoms with Crippen molar-refractivity contribution in [2.75, 3.05) is 7.11 Å². The van der Waals surface area contributed by atoms with Gasteiger partial charge in [0.2, 0.25) is 0 Å². The normalized spacial score (nSPS) is 11.6. The molecule has 0 saturated carbocycles. The van der Waals surface area contributed by atoms with E-state index in [9.17, 15) is 19.7 Å². The monoisotopic (exact) mass is 382 g/mol. The first-order valence-electron chi connectivity index (χ1n) is 8.58. The van der Waals surface area contributed by atoms with Crippen LogP contribution in [0.3, 0.4) is 0 Å². The molecule has 0 unspecified atom stereocenters. The van der Waals surface area contributed by atoms with E-state index >= 15 is 0 Å². The third kappa shape index (κ3) is 5.26. The van der Waals surface area contributed by atoms with Crippen LogP contribution in [-0.4, -0.2) is 23.9 Å². The third-order valence-electron chi connectivity index (χ3n) is 4.08. The van der Waals surface area contributed by atoms with E-state index in [0.29, 0.717) is 11.1 Å². The first-order chi connectivity index (χ1) is 13.1. The van der Waals surface area contributed by atoms with Crippen molar-refractivity contribution in [1.29, 1.82) is 0 Å². The van der Waals surface area contributed by atoms with Gasteiger partial charge in [-0.3, -0.25) is 14.9 Å². The Morgan fingerprint density at radius 3 is 2.07 bits per heavy atom. The number of non-ortho nitro benzene ring substituents is 1. The topological polar surface area (TPSA) is 98.5 Å². The number of hydrogen-bond donors (Lipinski definition) is 1. The highest BCUT2D eigenvalue weighted by Gasteiger charge is 2.17. The molecule has 0 aliphatic heterocycles. The minimum Gasteiger partial charge on any atom is -0.464 e. The number of nitrogens with zero attached hydrogens (tertiary/aromatic N) is 1. The van der Waals surface area contributed by atoms with Crippen molar-refractivity contribution < 1.29 is 19.2 Å². The fourth-order valence-corrected chi connectivity index (χ4v) is 2.43. The molecule has 0 atom stereocenters. The second-order valence-electron chi connectivity index (χ2n) is 7.18. The summed E-state index contributed by atoms with van der Waals surface area (Å²) in [6, 6.07) is 12.7. The van der Waals surface area contributed by atoms with Crippen LogP contribution in [0, 0.1) is 10.1 Å². The third-order valence-corrected chi connectivity index (χ3v) is 4.08. The van der Waals surface area contributed by atoms with E-state index < -0.39 is 16.8 Å². The largest absolute Gasteiger partial charge is 0.464 e. The first-order valence-corrected chi connectivity index (χ1v) is 8.58. The molecular weight excluding hydrogens is 360 g/mol. The molecule has 146 valence electrons. The van der Waals surface area contributed by atoms with Gasteiger partial charge >= 0.3 is 5.97 Å². The number of esters is 1. The van der Waals surface area contributed by atoms with Crippen molar-refractivity contribution in [3.05, 3.63) is 81.0 Å². The smallest absolute Gasteiger partial charge is 0.354 e. The van der Waals surface area contributed by atoms with Crippen molar-refractivity contribution >= 4 is 23.6 Å². The van der Waals surface area contributed by atoms with E-state index in [4.69, 9.17) is 4.74 Å². The van der Waals surface area contributed by atoms with Crippen molar-refractivity contribution in [2.24, 2.45) is 0 Å². The zero-order chi connectivity index (χ0) is 20.9. The number of hydrogen-bond acceptors (Lipinski definition) is 5. The van der Waals surface area contributed by atoms with E-state index in [1.165, 1.54) is 37.5 Å². The Morgan fingerprint density at radius 1 is 1.04 bits per heavy atom. The summed E-state index contributed by atoms with van der Waals surface area (Å²) < 4.78 is 4.72. The standard InChI is InChI=1S/C21H22N2O5/c1-21(2,3)16-9-7-15(8-10-16)19(24)22-18(20(25)28-4)13-14-5-11-17(12-6-14)23(26)27/h5-13H,1-4H3,(H,22,24). The molecule has 2 aromatic rings. The van der Waals surface area contributed by atoms with E-state index in [0.717, 1.165) is 5.56 Å². The van der Waals surface area contributed by atoms with Crippen molar-refractivity contribution in [3.8, 4) is 0 Å². The Hall–Kier alpha value is -3.48. The number of carbonyl (C=O) groups excluding carboxylic acids is 2. The highest BCUT2D eigenvalue weighted by atomic mass is 16.6. The predicted octanol–water partition coefficient (Wildman–Crippen LogP) is 3.84. The van der Waals surface area contributed by atoms with E-state index in [-0.39, 0.29) is 16.8 Å². The van der Waals surface area contributed by atoms with Crippen LogP contribution < -0.4 is 5.32 Å². The minimum atomic E-state index is -0.724. The molecule has 1 amide bonds. The molecule has 1 N–H and O–H groups in total. The molecule has 7 nitrogen and oxygen atoms in total. The number of rotatable bonds is 5. The quantitative estimate of drug-likeness (QED) is 0.367. The molecule has 0 bridgehead atoms. The highest BCUT2D eigenvalue weighted by molar-refractivity contribution is 6.03. The number of ether oxygens (including phenoxy) is 1. The molecule has 7 heteroatoms. The zero-order valence-corrected chi connectivity index (χ0v) is 16.2. The number of nitro groups is 1. The number of benzene rings is 2. The Morgan fingerprint density at radius 2 is 1.61 bits per heavy atom. The second kappa shape index (κ2) is 8.47. The van der Waals surface area contributed by atoms with Gasteiger partial charge in [0.1, 0.15) is 5.70 Å². The van der Waals surface area contributed by atoms with E-state index in [1.807, 2.05) is 12.1 Å². The number of nitro benzene ring substituents is 1. The lowest BCUT2D eigenvalue weighted by Gasteiger charge is -2.19. The summed E-state index contributed by atoms with van der Waals surface area (Å²) in [5, 5.41) is 13.3. The molecule has 0 aliphatic carbocycles. The lowest BCUT2D eigenvalue weighted by Crippen LogP contribution is -2.28. The fraction of sp³-hybridized carbons (Fsp3) is 0.238. The van der Waals surface area contributed by atoms with Gasteiger partial charge in [-0.2, -0.15) is 0 Å². The molecule has 0 saturated heterocycles. The number of amides is 1. The fourth-order valence-electron chi connectivity index (χ4n) is 2.43. The predicted molar refractivity (Wildman–Crippen MR) is 106 cm³/mol. The van der Waals surface area contributed by atoms with Gasteiger partial charge in [-0.15, -0.1) is 0 Å². The molecule has 0 fully saturated rings. The van der Waals surface area contributed by atoms with E-state index in [1.54, 1.807) is 12.1 Å². The molecule has 2 rings (SSSR count). The summed E-state index contributed by atoms with van der Waals surface area (Å²) >= 11 is 0. The number of methoxy groups -OCH3 is 1. The molecule has 0 radical (unpaired) electrons. The number of nitrogens with one attached hydrogen (secondary N) is 1. The van der Waals surface area contributed by atoms with Crippen LogP contribution in [0.25, 0.3) is 6.08 Å². The van der Waals surface area contributed by atoms with E-state index in [2.05, 4.69) is 26.1 Å². The minimum absolute atomic E-state index is 0.0397. The SMILES string of the molecule is COC(=O)C(=Cc1ccc([N+](=O)[O-])cc1)NC(=O)c1ccc(C(C)(C)C)cc1. The molecule has 0 aromatic heterocycles. The highest BCUT2D eigenvalue weighted by Crippen LogP contribution is 2.22. The maximum absolute atomic E-state index is 12.5. The molecular formula is C21H22N2O5. The van der Waals surface area contributed by atoms with Crippen LogP contribution in [0.2, 0.25) is 0 Å². The van der Waals surface area contributed by atoms with Crippen LogP contribution in [0.1, 0.15) is 42.3 Å². The number of carbonyl (C=O) groups is 2. The summed E-state index contributed by atoms with van der Waals surface area (Å²) in [7, 11) is 1.20. The molecule has 28 heavy (non-hydrogen) atoms. The summed E-state index contributed by atoms with van der Waals surface area (Å²) in [5.74, 6) is -1.18. The van der Waals surface area contributed by atoms with Crippen LogP contribution >= 0.6 is 0 Å². The van der Waals surface area contributed by atoms with Gasteiger partial charge in [0.25, 0.3) is 11.6 Å². The van der Waals surface area contributed by atoms with Gasteiger partial charge in [0, 0.05) is 17.7 Å². The lowest BCUT2D eigenvalue weighted by molar-refractivity contribution is -0.384. The lowest BCUT2D eigenvalue weighted by atomic mass is 9.87. The van der Waals surface area contributed by atoms with Gasteiger partial charge in [0.05, 0.1) is 12.0 Å². The van der Waals surface area contributed by atoms with Crippen LogP contribution in [-0.2, 0) is 14.9 Å². The van der Waals surface area contributed by atoms with Gasteiger partial charge in [-0.25, -0.2) is 4.79 Å². The maximum Gasteiger partial charge on any atom is 0.354 e. The molecule has 0 aliphatic rings. The van der Waals surface area contributed by atoms with Gasteiger partial charge < -0.3 is 10.1 Å². The van der Waals surface area contributed by atoms with Gasteiger partial charge in [-0.05, 0) is 46.9 Å². The Labute approximate surface area is 163 Å². The summed E-state index contributed by atoms with van der Waals surface area (Å²) in [5.41, 5.74) is 1.81. The molecule has 2 aromatic carbocycles. The Kier molecular flexibility index (Phi) is 6.30. The van der Waals surface area contributed by atoms with Crippen molar-refractivity contribution in [1.82, 2.24) is 5.32 Å². The van der Waals surface area contributed by atoms with Gasteiger partial charge in [-0.1, -0.05) is 32.9 Å². The van der Waals surface area contributed by atoms with Crippen molar-refractivity contribution in [2.45, 2.75) is 26.2 Å². The molecule has 0 heterocycles. The van der Waals surface area contributed by atoms with Gasteiger partial charge in [0.15, 0.2) is 0 Å². The average molecular weight is 382 g/mol. The molecule has 0 spiro atoms. The van der Waals surface area contributed by atoms with Crippen molar-refractivity contribution in [3.63, 3.8) is 0 Å². The maximum atomic E-state index is 12.5. The Balaban J connectivity index is 2.25. The van der Waals surface area contributed by atoms with Crippen LogP contribution in [0.4, 0.5) is 5.69 Å². The second-order valence-corrected chi connectivity index (χ2v) is 7.18. The summed E-state index contributed by atoms with van der Waals surface area (Å²) in [6.45, 7) is 6.22. The van der Waals surface area contributed by atoms with Crippen LogP contribution in [0.15, 0.2) is 54.2 Å². The first kappa shape index (κ1) is 20.8. The average Bonchev–Trinajstić information content (AvgIpc) is 2.66. The summed E-state index contributed by atoms with van der Waals surface area (Å²) in [4.78, 5) is 34.8. The Bertz CT molecular complexity index is 907. The summed E-state index contributed by atoms with van der Waals surface area (Å²) in [6.07, 6.45) is 1.40. The van der Waals surface area contributed by atoms with Crippen LogP contribution in [0.5, 0.6) is 0 Å².